The first-order valence-corrected chi connectivity index (χ1v) is 7.23. The van der Waals surface area contributed by atoms with Crippen molar-refractivity contribution in [3.05, 3.63) is 40.1 Å². The average Bonchev–Trinajstić information content (AvgIpc) is 2.93. The summed E-state index contributed by atoms with van der Waals surface area (Å²) in [5.41, 5.74) is 0.625. The SMILES string of the molecule is CCCCC(NC(=O)c1c[nH]c2ccc([N+](=O)[O-])cc12)C(=O)O. The Morgan fingerprint density at radius 3 is 2.78 bits per heavy atom. The van der Waals surface area contributed by atoms with Gasteiger partial charge in [0.15, 0.2) is 0 Å². The highest BCUT2D eigenvalue weighted by atomic mass is 16.6. The Hall–Kier alpha value is -2.90. The largest absolute Gasteiger partial charge is 0.480 e. The van der Waals surface area contributed by atoms with Crippen LogP contribution in [0.4, 0.5) is 5.69 Å². The molecule has 0 aliphatic heterocycles. The number of fused-ring (bicyclic) bond motifs is 1. The molecule has 2 rings (SSSR count). The van der Waals surface area contributed by atoms with Crippen molar-refractivity contribution in [2.45, 2.75) is 32.2 Å². The number of unbranched alkanes of at least 4 members (excludes halogenated alkanes) is 1. The Bertz CT molecular complexity index is 753. The van der Waals surface area contributed by atoms with Crippen LogP contribution < -0.4 is 5.32 Å². The lowest BCUT2D eigenvalue weighted by molar-refractivity contribution is -0.384. The molecule has 1 atom stereocenters. The molecule has 122 valence electrons. The molecule has 0 saturated heterocycles. The normalized spacial score (nSPS) is 12.0. The number of rotatable bonds is 7. The molecule has 8 heteroatoms. The van der Waals surface area contributed by atoms with Gasteiger partial charge in [0.25, 0.3) is 11.6 Å². The topological polar surface area (TPSA) is 125 Å². The van der Waals surface area contributed by atoms with E-state index in [-0.39, 0.29) is 11.3 Å². The molecule has 23 heavy (non-hydrogen) atoms. The van der Waals surface area contributed by atoms with Crippen LogP contribution in [0.15, 0.2) is 24.4 Å². The Balaban J connectivity index is 2.27. The van der Waals surface area contributed by atoms with E-state index in [1.165, 1.54) is 24.4 Å². The molecule has 0 bridgehead atoms. The number of benzene rings is 1. The van der Waals surface area contributed by atoms with E-state index in [2.05, 4.69) is 10.3 Å². The van der Waals surface area contributed by atoms with E-state index >= 15 is 0 Å². The highest BCUT2D eigenvalue weighted by molar-refractivity contribution is 6.08. The van der Waals surface area contributed by atoms with Crippen molar-refractivity contribution in [3.8, 4) is 0 Å². The number of nitro groups is 1. The van der Waals surface area contributed by atoms with Crippen LogP contribution in [0.5, 0.6) is 0 Å². The van der Waals surface area contributed by atoms with Crippen molar-refractivity contribution in [2.24, 2.45) is 0 Å². The lowest BCUT2D eigenvalue weighted by Crippen LogP contribution is -2.40. The fourth-order valence-electron chi connectivity index (χ4n) is 2.31. The number of hydrogen-bond donors (Lipinski definition) is 3. The molecule has 8 nitrogen and oxygen atoms in total. The van der Waals surface area contributed by atoms with E-state index in [1.54, 1.807) is 0 Å². The van der Waals surface area contributed by atoms with Gasteiger partial charge in [-0.15, -0.1) is 0 Å². The minimum atomic E-state index is -1.10. The van der Waals surface area contributed by atoms with Crippen LogP contribution >= 0.6 is 0 Å². The maximum atomic E-state index is 12.3. The van der Waals surface area contributed by atoms with Crippen molar-refractivity contribution < 1.29 is 19.6 Å². The first kappa shape index (κ1) is 16.5. The van der Waals surface area contributed by atoms with E-state index in [9.17, 15) is 19.7 Å². The highest BCUT2D eigenvalue weighted by Gasteiger charge is 2.22. The van der Waals surface area contributed by atoms with Crippen molar-refractivity contribution >= 4 is 28.5 Å². The fourth-order valence-corrected chi connectivity index (χ4v) is 2.31. The minimum Gasteiger partial charge on any atom is -0.480 e. The average molecular weight is 319 g/mol. The Morgan fingerprint density at radius 1 is 1.43 bits per heavy atom. The van der Waals surface area contributed by atoms with Crippen LogP contribution in [0.1, 0.15) is 36.5 Å². The zero-order valence-corrected chi connectivity index (χ0v) is 12.5. The molecular formula is C15H17N3O5. The lowest BCUT2D eigenvalue weighted by atomic mass is 10.1. The first-order chi connectivity index (χ1) is 10.9. The number of carboxylic acid groups (broad SMARTS) is 1. The zero-order chi connectivity index (χ0) is 17.0. The number of nitrogens with one attached hydrogen (secondary N) is 2. The number of non-ortho nitro benzene ring substituents is 1. The molecule has 1 heterocycles. The second-order valence-electron chi connectivity index (χ2n) is 5.20. The van der Waals surface area contributed by atoms with Crippen molar-refractivity contribution in [1.82, 2.24) is 10.3 Å². The van der Waals surface area contributed by atoms with Gasteiger partial charge in [-0.1, -0.05) is 19.8 Å². The molecule has 0 aliphatic carbocycles. The predicted octanol–water partition coefficient (Wildman–Crippen LogP) is 2.45. The molecule has 0 spiro atoms. The van der Waals surface area contributed by atoms with Crippen molar-refractivity contribution in [2.75, 3.05) is 0 Å². The molecule has 3 N–H and O–H groups in total. The van der Waals surface area contributed by atoms with Crippen LogP contribution in [0, 0.1) is 10.1 Å². The van der Waals surface area contributed by atoms with Crippen molar-refractivity contribution in [1.29, 1.82) is 0 Å². The number of carbonyl (C=O) groups is 2. The summed E-state index contributed by atoms with van der Waals surface area (Å²) < 4.78 is 0. The maximum absolute atomic E-state index is 12.3. The molecule has 1 amide bonds. The molecule has 0 aliphatic rings. The molecule has 1 aromatic heterocycles. The summed E-state index contributed by atoms with van der Waals surface area (Å²) in [5, 5.41) is 22.9. The van der Waals surface area contributed by atoms with Gasteiger partial charge in [-0.2, -0.15) is 0 Å². The summed E-state index contributed by atoms with van der Waals surface area (Å²) in [6.07, 6.45) is 3.25. The summed E-state index contributed by atoms with van der Waals surface area (Å²) in [4.78, 5) is 36.7. The second kappa shape index (κ2) is 6.91. The molecule has 0 radical (unpaired) electrons. The molecule has 0 fully saturated rings. The summed E-state index contributed by atoms with van der Waals surface area (Å²) >= 11 is 0. The van der Waals surface area contributed by atoms with Gasteiger partial charge in [0.1, 0.15) is 6.04 Å². The quantitative estimate of drug-likeness (QED) is 0.534. The number of aromatic amines is 1. The Labute approximate surface area is 131 Å². The maximum Gasteiger partial charge on any atom is 0.326 e. The van der Waals surface area contributed by atoms with Crippen LogP contribution in [0.25, 0.3) is 10.9 Å². The van der Waals surface area contributed by atoms with Gasteiger partial charge in [-0.3, -0.25) is 14.9 Å². The summed E-state index contributed by atoms with van der Waals surface area (Å²) in [7, 11) is 0. The van der Waals surface area contributed by atoms with E-state index in [1.807, 2.05) is 6.92 Å². The Kier molecular flexibility index (Phi) is 4.95. The lowest BCUT2D eigenvalue weighted by Gasteiger charge is -2.13. The molecule has 0 saturated carbocycles. The molecule has 1 unspecified atom stereocenters. The third-order valence-electron chi connectivity index (χ3n) is 3.57. The number of nitrogens with zero attached hydrogens (tertiary/aromatic N) is 1. The fraction of sp³-hybridized carbons (Fsp3) is 0.333. The zero-order valence-electron chi connectivity index (χ0n) is 12.5. The smallest absolute Gasteiger partial charge is 0.326 e. The minimum absolute atomic E-state index is 0.132. The van der Waals surface area contributed by atoms with Gasteiger partial charge in [0.05, 0.1) is 10.5 Å². The number of aromatic nitrogens is 1. The van der Waals surface area contributed by atoms with Gasteiger partial charge in [-0.05, 0) is 12.5 Å². The van der Waals surface area contributed by atoms with E-state index in [0.29, 0.717) is 23.7 Å². The number of nitro benzene ring substituents is 1. The van der Waals surface area contributed by atoms with Gasteiger partial charge in [0.2, 0.25) is 0 Å². The number of hydrogen-bond acceptors (Lipinski definition) is 4. The number of amides is 1. The molecule has 2 aromatic rings. The monoisotopic (exact) mass is 319 g/mol. The molecular weight excluding hydrogens is 302 g/mol. The standard InChI is InChI=1S/C15H17N3O5/c1-2-3-4-13(15(20)21)17-14(19)11-8-16-12-6-5-9(18(22)23)7-10(11)12/h5-8,13,16H,2-4H2,1H3,(H,17,19)(H,20,21). The first-order valence-electron chi connectivity index (χ1n) is 7.23. The number of carbonyl (C=O) groups excluding carboxylic acids is 1. The summed E-state index contributed by atoms with van der Waals surface area (Å²) in [5.74, 6) is -1.67. The van der Waals surface area contributed by atoms with Gasteiger partial charge >= 0.3 is 5.97 Å². The number of H-pyrrole nitrogens is 1. The third kappa shape index (κ3) is 3.65. The highest BCUT2D eigenvalue weighted by Crippen LogP contribution is 2.23. The van der Waals surface area contributed by atoms with E-state index < -0.39 is 22.8 Å². The van der Waals surface area contributed by atoms with Crippen LogP contribution in [-0.2, 0) is 4.79 Å². The predicted molar refractivity (Wildman–Crippen MR) is 83.4 cm³/mol. The third-order valence-corrected chi connectivity index (χ3v) is 3.57. The van der Waals surface area contributed by atoms with Crippen LogP contribution in [0.2, 0.25) is 0 Å². The van der Waals surface area contributed by atoms with E-state index in [0.717, 1.165) is 6.42 Å². The van der Waals surface area contributed by atoms with Gasteiger partial charge in [-0.25, -0.2) is 4.79 Å². The number of carboxylic acids is 1. The van der Waals surface area contributed by atoms with Gasteiger partial charge in [0, 0.05) is 29.2 Å². The number of aliphatic carboxylic acids is 1. The molecule has 1 aromatic carbocycles. The van der Waals surface area contributed by atoms with E-state index in [4.69, 9.17) is 5.11 Å². The van der Waals surface area contributed by atoms with Gasteiger partial charge < -0.3 is 15.4 Å². The summed E-state index contributed by atoms with van der Waals surface area (Å²) in [6.45, 7) is 1.93. The van der Waals surface area contributed by atoms with Crippen molar-refractivity contribution in [3.63, 3.8) is 0 Å². The second-order valence-corrected chi connectivity index (χ2v) is 5.20. The van der Waals surface area contributed by atoms with Crippen LogP contribution in [0.3, 0.4) is 0 Å². The Morgan fingerprint density at radius 2 is 2.17 bits per heavy atom. The summed E-state index contributed by atoms with van der Waals surface area (Å²) in [6, 6.07) is 3.16. The van der Waals surface area contributed by atoms with Crippen LogP contribution in [-0.4, -0.2) is 32.9 Å².